The van der Waals surface area contributed by atoms with Gasteiger partial charge in [0.05, 0.1) is 6.61 Å². The zero-order chi connectivity index (χ0) is 11.1. The van der Waals surface area contributed by atoms with Gasteiger partial charge in [0.1, 0.15) is 0 Å². The van der Waals surface area contributed by atoms with E-state index in [2.05, 4.69) is 30.2 Å². The van der Waals surface area contributed by atoms with Crippen molar-refractivity contribution >= 4 is 0 Å². The van der Waals surface area contributed by atoms with Crippen LogP contribution in [0.3, 0.4) is 0 Å². The number of hydrogen-bond acceptors (Lipinski definition) is 2. The quantitative estimate of drug-likeness (QED) is 0.723. The number of hydrogen-bond donors (Lipinski definition) is 2. The summed E-state index contributed by atoms with van der Waals surface area (Å²) in [6, 6.07) is 2.52. The van der Waals surface area contributed by atoms with E-state index in [0.717, 1.165) is 19.8 Å². The van der Waals surface area contributed by atoms with Crippen LogP contribution in [0.25, 0.3) is 0 Å². The Bertz CT molecular complexity index is 244. The molecule has 0 saturated carbocycles. The first kappa shape index (κ1) is 12.3. The molecule has 1 atom stereocenters. The zero-order valence-electron chi connectivity index (χ0n) is 9.92. The lowest BCUT2D eigenvalue weighted by Gasteiger charge is -2.21. The Kier molecular flexibility index (Phi) is 5.43. The lowest BCUT2D eigenvalue weighted by molar-refractivity contribution is 0.108. The number of nitrogens with one attached hydrogen (secondary N) is 2. The van der Waals surface area contributed by atoms with E-state index in [1.807, 2.05) is 19.3 Å². The van der Waals surface area contributed by atoms with E-state index < -0.39 is 0 Å². The molecule has 3 heteroatoms. The van der Waals surface area contributed by atoms with Crippen LogP contribution < -0.4 is 5.32 Å². The monoisotopic (exact) mass is 210 g/mol. The third-order valence-electron chi connectivity index (χ3n) is 2.54. The fourth-order valence-electron chi connectivity index (χ4n) is 1.45. The van der Waals surface area contributed by atoms with E-state index in [1.165, 1.54) is 5.56 Å². The summed E-state index contributed by atoms with van der Waals surface area (Å²) >= 11 is 0. The summed E-state index contributed by atoms with van der Waals surface area (Å²) in [6.45, 7) is 8.94. The number of rotatable bonds is 7. The smallest absolute Gasteiger partial charge is 0.0622 e. The van der Waals surface area contributed by atoms with Crippen molar-refractivity contribution in [2.75, 3.05) is 13.2 Å². The predicted molar refractivity (Wildman–Crippen MR) is 62.8 cm³/mol. The van der Waals surface area contributed by atoms with Crippen molar-refractivity contribution < 1.29 is 4.74 Å². The summed E-state index contributed by atoms with van der Waals surface area (Å²) in [5.41, 5.74) is 1.29. The lowest BCUT2D eigenvalue weighted by atomic mass is 10.1. The van der Waals surface area contributed by atoms with Crippen LogP contribution in [0.2, 0.25) is 0 Å². The Balaban J connectivity index is 2.31. The van der Waals surface area contributed by atoms with E-state index >= 15 is 0 Å². The molecule has 0 radical (unpaired) electrons. The number of aromatic nitrogens is 1. The highest BCUT2D eigenvalue weighted by Crippen LogP contribution is 2.04. The first-order valence-electron chi connectivity index (χ1n) is 5.66. The molecule has 0 aromatic carbocycles. The van der Waals surface area contributed by atoms with Crippen molar-refractivity contribution in [3.63, 3.8) is 0 Å². The molecule has 1 rings (SSSR count). The van der Waals surface area contributed by atoms with Gasteiger partial charge in [-0.1, -0.05) is 13.8 Å². The highest BCUT2D eigenvalue weighted by atomic mass is 16.5. The summed E-state index contributed by atoms with van der Waals surface area (Å²) < 4.78 is 5.46. The zero-order valence-corrected chi connectivity index (χ0v) is 9.92. The van der Waals surface area contributed by atoms with E-state index in [9.17, 15) is 0 Å². The standard InChI is InChI=1S/C12H22N2O/c1-4-15-9-12(10(2)3)14-8-11-5-6-13-7-11/h5-7,10,12-14H,4,8-9H2,1-3H3. The van der Waals surface area contributed by atoms with Crippen molar-refractivity contribution in [3.05, 3.63) is 24.0 Å². The average molecular weight is 210 g/mol. The van der Waals surface area contributed by atoms with Crippen LogP contribution in [0, 0.1) is 5.92 Å². The molecular formula is C12H22N2O. The van der Waals surface area contributed by atoms with Crippen LogP contribution >= 0.6 is 0 Å². The molecule has 1 aromatic heterocycles. The maximum Gasteiger partial charge on any atom is 0.0622 e. The average Bonchev–Trinajstić information content (AvgIpc) is 2.70. The maximum atomic E-state index is 5.46. The first-order chi connectivity index (χ1) is 7.24. The SMILES string of the molecule is CCOCC(NCc1cc[nH]c1)C(C)C. The Hall–Kier alpha value is -0.800. The van der Waals surface area contributed by atoms with Gasteiger partial charge in [-0.05, 0) is 24.5 Å². The second-order valence-corrected chi connectivity index (χ2v) is 4.11. The number of ether oxygens (including phenoxy) is 1. The molecule has 0 fully saturated rings. The van der Waals surface area contributed by atoms with Crippen molar-refractivity contribution in [2.45, 2.75) is 33.4 Å². The second kappa shape index (κ2) is 6.64. The molecule has 2 N–H and O–H groups in total. The van der Waals surface area contributed by atoms with Crippen LogP contribution in [0.1, 0.15) is 26.3 Å². The van der Waals surface area contributed by atoms with Crippen LogP contribution in [0.15, 0.2) is 18.5 Å². The van der Waals surface area contributed by atoms with E-state index in [1.54, 1.807) is 0 Å². The lowest BCUT2D eigenvalue weighted by Crippen LogP contribution is -2.37. The molecule has 1 aromatic rings. The minimum absolute atomic E-state index is 0.430. The van der Waals surface area contributed by atoms with E-state index in [0.29, 0.717) is 12.0 Å². The normalized spacial score (nSPS) is 13.3. The van der Waals surface area contributed by atoms with Crippen LogP contribution in [-0.2, 0) is 11.3 Å². The second-order valence-electron chi connectivity index (χ2n) is 4.11. The van der Waals surface area contributed by atoms with Gasteiger partial charge >= 0.3 is 0 Å². The molecule has 0 aliphatic carbocycles. The van der Waals surface area contributed by atoms with E-state index in [4.69, 9.17) is 4.74 Å². The van der Waals surface area contributed by atoms with Crippen molar-refractivity contribution in [1.29, 1.82) is 0 Å². The predicted octanol–water partition coefficient (Wildman–Crippen LogP) is 2.17. The third-order valence-corrected chi connectivity index (χ3v) is 2.54. The molecule has 0 aliphatic heterocycles. The van der Waals surface area contributed by atoms with Crippen LogP contribution in [0.5, 0.6) is 0 Å². The Morgan fingerprint density at radius 3 is 2.80 bits per heavy atom. The number of aromatic amines is 1. The maximum absolute atomic E-state index is 5.46. The van der Waals surface area contributed by atoms with Gasteiger partial charge in [0.15, 0.2) is 0 Å². The molecule has 3 nitrogen and oxygen atoms in total. The summed E-state index contributed by atoms with van der Waals surface area (Å²) in [4.78, 5) is 3.05. The van der Waals surface area contributed by atoms with E-state index in [-0.39, 0.29) is 0 Å². The fraction of sp³-hybridized carbons (Fsp3) is 0.667. The third kappa shape index (κ3) is 4.49. The molecule has 0 spiro atoms. The van der Waals surface area contributed by atoms with Gasteiger partial charge in [0.2, 0.25) is 0 Å². The van der Waals surface area contributed by atoms with Crippen LogP contribution in [-0.4, -0.2) is 24.2 Å². The summed E-state index contributed by atoms with van der Waals surface area (Å²) in [5.74, 6) is 0.593. The highest BCUT2D eigenvalue weighted by Gasteiger charge is 2.12. The minimum Gasteiger partial charge on any atom is -0.380 e. The molecule has 0 saturated heterocycles. The van der Waals surface area contributed by atoms with Gasteiger partial charge in [-0.25, -0.2) is 0 Å². The van der Waals surface area contributed by atoms with Crippen LogP contribution in [0.4, 0.5) is 0 Å². The number of H-pyrrole nitrogens is 1. The molecule has 1 unspecified atom stereocenters. The van der Waals surface area contributed by atoms with Crippen molar-refractivity contribution in [2.24, 2.45) is 5.92 Å². The molecule has 86 valence electrons. The van der Waals surface area contributed by atoms with Gasteiger partial charge in [-0.2, -0.15) is 0 Å². The topological polar surface area (TPSA) is 37.0 Å². The fourth-order valence-corrected chi connectivity index (χ4v) is 1.45. The van der Waals surface area contributed by atoms with Crippen molar-refractivity contribution in [1.82, 2.24) is 10.3 Å². The first-order valence-corrected chi connectivity index (χ1v) is 5.66. The van der Waals surface area contributed by atoms with Gasteiger partial charge in [-0.15, -0.1) is 0 Å². The Labute approximate surface area is 92.2 Å². The molecule has 0 bridgehead atoms. The minimum atomic E-state index is 0.430. The largest absolute Gasteiger partial charge is 0.380 e. The van der Waals surface area contributed by atoms with Gasteiger partial charge in [0, 0.05) is 31.6 Å². The molecule has 0 amide bonds. The van der Waals surface area contributed by atoms with Gasteiger partial charge in [0.25, 0.3) is 0 Å². The molecule has 1 heterocycles. The summed E-state index contributed by atoms with van der Waals surface area (Å²) in [7, 11) is 0. The summed E-state index contributed by atoms with van der Waals surface area (Å²) in [6.07, 6.45) is 3.97. The molecule has 0 aliphatic rings. The van der Waals surface area contributed by atoms with Gasteiger partial charge < -0.3 is 15.0 Å². The molecular weight excluding hydrogens is 188 g/mol. The summed E-state index contributed by atoms with van der Waals surface area (Å²) in [5, 5.41) is 3.51. The van der Waals surface area contributed by atoms with Gasteiger partial charge in [-0.3, -0.25) is 0 Å². The Morgan fingerprint density at radius 1 is 1.47 bits per heavy atom. The van der Waals surface area contributed by atoms with Crippen molar-refractivity contribution in [3.8, 4) is 0 Å². The molecule has 15 heavy (non-hydrogen) atoms. The highest BCUT2D eigenvalue weighted by molar-refractivity contribution is 5.07. The Morgan fingerprint density at radius 2 is 2.27 bits per heavy atom.